The van der Waals surface area contributed by atoms with Gasteiger partial charge in [-0.25, -0.2) is 4.68 Å². The predicted octanol–water partition coefficient (Wildman–Crippen LogP) is 3.35. The third-order valence-electron chi connectivity index (χ3n) is 4.51. The lowest BCUT2D eigenvalue weighted by Crippen LogP contribution is -2.13. The van der Waals surface area contributed by atoms with Crippen molar-refractivity contribution < 1.29 is 4.79 Å². The number of nitrogens with zero attached hydrogens (tertiary/aromatic N) is 4. The third-order valence-corrected chi connectivity index (χ3v) is 4.51. The van der Waals surface area contributed by atoms with E-state index in [-0.39, 0.29) is 5.91 Å². The van der Waals surface area contributed by atoms with Crippen molar-refractivity contribution in [1.29, 1.82) is 0 Å². The fourth-order valence-electron chi connectivity index (χ4n) is 3.23. The van der Waals surface area contributed by atoms with Gasteiger partial charge in [0.1, 0.15) is 6.33 Å². The number of aromatic nitrogens is 4. The lowest BCUT2D eigenvalue weighted by Gasteiger charge is -2.21. The van der Waals surface area contributed by atoms with Crippen molar-refractivity contribution in [2.45, 2.75) is 51.4 Å². The van der Waals surface area contributed by atoms with Crippen LogP contribution in [0.2, 0.25) is 0 Å². The smallest absolute Gasteiger partial charge is 0.224 e. The number of benzene rings is 1. The number of anilines is 1. The van der Waals surface area contributed by atoms with Gasteiger partial charge in [0.05, 0.1) is 5.69 Å². The van der Waals surface area contributed by atoms with Gasteiger partial charge in [-0.1, -0.05) is 32.1 Å². The zero-order valence-corrected chi connectivity index (χ0v) is 13.3. The standard InChI is InChI=1S/C17H23N5O/c23-17(8-4-7-14-5-2-1-3-6-14)19-15-9-11-16(12-10-15)22-13-18-20-21-22/h9-14H,1-8H2,(H,19,23). The molecule has 6 nitrogen and oxygen atoms in total. The Labute approximate surface area is 136 Å². The molecule has 0 aliphatic heterocycles. The molecule has 1 amide bonds. The van der Waals surface area contributed by atoms with Gasteiger partial charge < -0.3 is 5.32 Å². The zero-order chi connectivity index (χ0) is 15.9. The molecule has 23 heavy (non-hydrogen) atoms. The van der Waals surface area contributed by atoms with Crippen molar-refractivity contribution in [3.05, 3.63) is 30.6 Å². The zero-order valence-electron chi connectivity index (χ0n) is 13.3. The number of amides is 1. The summed E-state index contributed by atoms with van der Waals surface area (Å²) in [5.74, 6) is 0.933. The lowest BCUT2D eigenvalue weighted by molar-refractivity contribution is -0.116. The molecule has 1 aromatic carbocycles. The second-order valence-electron chi connectivity index (χ2n) is 6.25. The van der Waals surface area contributed by atoms with Gasteiger partial charge in [0.25, 0.3) is 0 Å². The molecule has 2 aromatic rings. The van der Waals surface area contributed by atoms with E-state index in [2.05, 4.69) is 20.8 Å². The fraction of sp³-hybridized carbons (Fsp3) is 0.529. The van der Waals surface area contributed by atoms with Crippen LogP contribution in [0.5, 0.6) is 0 Å². The van der Waals surface area contributed by atoms with Gasteiger partial charge in [0.15, 0.2) is 0 Å². The molecule has 1 aliphatic carbocycles. The third kappa shape index (κ3) is 4.61. The maximum Gasteiger partial charge on any atom is 0.224 e. The molecule has 1 aromatic heterocycles. The largest absolute Gasteiger partial charge is 0.326 e. The summed E-state index contributed by atoms with van der Waals surface area (Å²) in [7, 11) is 0. The van der Waals surface area contributed by atoms with E-state index < -0.39 is 0 Å². The highest BCUT2D eigenvalue weighted by atomic mass is 16.1. The summed E-state index contributed by atoms with van der Waals surface area (Å²) in [4.78, 5) is 12.0. The Balaban J connectivity index is 1.42. The monoisotopic (exact) mass is 313 g/mol. The van der Waals surface area contributed by atoms with Crippen LogP contribution < -0.4 is 5.32 Å². The minimum absolute atomic E-state index is 0.0935. The molecule has 1 aliphatic rings. The Hall–Kier alpha value is -2.24. The second-order valence-corrected chi connectivity index (χ2v) is 6.25. The van der Waals surface area contributed by atoms with Gasteiger partial charge in [-0.15, -0.1) is 5.10 Å². The lowest BCUT2D eigenvalue weighted by atomic mass is 9.86. The Morgan fingerprint density at radius 1 is 1.17 bits per heavy atom. The average molecular weight is 313 g/mol. The summed E-state index contributed by atoms with van der Waals surface area (Å²) in [6.45, 7) is 0. The highest BCUT2D eigenvalue weighted by Gasteiger charge is 2.13. The molecule has 1 heterocycles. The van der Waals surface area contributed by atoms with E-state index in [0.717, 1.165) is 23.7 Å². The number of carbonyl (C=O) groups excluding carboxylic acids is 1. The van der Waals surface area contributed by atoms with Crippen LogP contribution in [0.15, 0.2) is 30.6 Å². The van der Waals surface area contributed by atoms with Crippen LogP contribution in [0.1, 0.15) is 51.4 Å². The minimum atomic E-state index is 0.0935. The van der Waals surface area contributed by atoms with Gasteiger partial charge in [0, 0.05) is 12.1 Å². The number of carbonyl (C=O) groups is 1. The van der Waals surface area contributed by atoms with Crippen molar-refractivity contribution in [2.24, 2.45) is 5.92 Å². The maximum atomic E-state index is 12.0. The second kappa shape index (κ2) is 7.85. The van der Waals surface area contributed by atoms with Gasteiger partial charge in [-0.3, -0.25) is 4.79 Å². The maximum absolute atomic E-state index is 12.0. The van der Waals surface area contributed by atoms with Crippen molar-refractivity contribution >= 4 is 11.6 Å². The van der Waals surface area contributed by atoms with Crippen molar-refractivity contribution in [3.63, 3.8) is 0 Å². The molecular formula is C17H23N5O. The van der Waals surface area contributed by atoms with Gasteiger partial charge >= 0.3 is 0 Å². The molecule has 0 spiro atoms. The van der Waals surface area contributed by atoms with Crippen LogP contribution >= 0.6 is 0 Å². The van der Waals surface area contributed by atoms with Crippen LogP contribution in [-0.2, 0) is 4.79 Å². The first kappa shape index (κ1) is 15.6. The number of hydrogen-bond donors (Lipinski definition) is 1. The minimum Gasteiger partial charge on any atom is -0.326 e. The molecule has 1 saturated carbocycles. The van der Waals surface area contributed by atoms with E-state index in [1.165, 1.54) is 38.5 Å². The van der Waals surface area contributed by atoms with E-state index in [4.69, 9.17) is 0 Å². The van der Waals surface area contributed by atoms with Crippen LogP contribution in [0.3, 0.4) is 0 Å². The first-order valence-electron chi connectivity index (χ1n) is 8.44. The Morgan fingerprint density at radius 3 is 2.65 bits per heavy atom. The molecule has 3 rings (SSSR count). The molecule has 0 radical (unpaired) electrons. The van der Waals surface area contributed by atoms with E-state index in [1.54, 1.807) is 11.0 Å². The van der Waals surface area contributed by atoms with Gasteiger partial charge in [-0.05, 0) is 53.5 Å². The van der Waals surface area contributed by atoms with Crippen molar-refractivity contribution in [1.82, 2.24) is 20.2 Å². The van der Waals surface area contributed by atoms with Crippen LogP contribution in [0.4, 0.5) is 5.69 Å². The number of nitrogens with one attached hydrogen (secondary N) is 1. The topological polar surface area (TPSA) is 72.7 Å². The quantitative estimate of drug-likeness (QED) is 0.887. The van der Waals surface area contributed by atoms with Crippen molar-refractivity contribution in [2.75, 3.05) is 5.32 Å². The summed E-state index contributed by atoms with van der Waals surface area (Å²) < 4.78 is 1.58. The van der Waals surface area contributed by atoms with E-state index in [1.807, 2.05) is 24.3 Å². The predicted molar refractivity (Wildman–Crippen MR) is 88.2 cm³/mol. The SMILES string of the molecule is O=C(CCCC1CCCCC1)Nc1ccc(-n2cnnn2)cc1. The summed E-state index contributed by atoms with van der Waals surface area (Å²) in [6.07, 6.45) is 11.1. The summed E-state index contributed by atoms with van der Waals surface area (Å²) in [6, 6.07) is 7.51. The molecule has 0 bridgehead atoms. The molecule has 1 N–H and O–H groups in total. The first-order chi connectivity index (χ1) is 11.3. The normalized spacial score (nSPS) is 15.5. The summed E-state index contributed by atoms with van der Waals surface area (Å²) in [5.41, 5.74) is 1.68. The van der Waals surface area contributed by atoms with E-state index in [0.29, 0.717) is 6.42 Å². The molecule has 0 atom stereocenters. The van der Waals surface area contributed by atoms with Crippen LogP contribution in [-0.4, -0.2) is 26.1 Å². The van der Waals surface area contributed by atoms with Crippen LogP contribution in [0, 0.1) is 5.92 Å². The Kier molecular flexibility index (Phi) is 5.34. The molecule has 122 valence electrons. The number of hydrogen-bond acceptors (Lipinski definition) is 4. The fourth-order valence-corrected chi connectivity index (χ4v) is 3.23. The first-order valence-corrected chi connectivity index (χ1v) is 8.44. The van der Waals surface area contributed by atoms with Gasteiger partial charge in [0.2, 0.25) is 5.91 Å². The number of tetrazole rings is 1. The molecule has 0 saturated heterocycles. The molecule has 0 unspecified atom stereocenters. The highest BCUT2D eigenvalue weighted by molar-refractivity contribution is 5.90. The molecular weight excluding hydrogens is 290 g/mol. The summed E-state index contributed by atoms with van der Waals surface area (Å²) >= 11 is 0. The Bertz CT molecular complexity index is 602. The summed E-state index contributed by atoms with van der Waals surface area (Å²) in [5, 5.41) is 14.0. The molecule has 1 fully saturated rings. The van der Waals surface area contributed by atoms with Crippen LogP contribution in [0.25, 0.3) is 5.69 Å². The Morgan fingerprint density at radius 2 is 1.96 bits per heavy atom. The van der Waals surface area contributed by atoms with Crippen molar-refractivity contribution in [3.8, 4) is 5.69 Å². The van der Waals surface area contributed by atoms with E-state index in [9.17, 15) is 4.79 Å². The number of rotatable bonds is 6. The van der Waals surface area contributed by atoms with E-state index >= 15 is 0 Å². The average Bonchev–Trinajstić information content (AvgIpc) is 3.11. The highest BCUT2D eigenvalue weighted by Crippen LogP contribution is 2.27. The van der Waals surface area contributed by atoms with Gasteiger partial charge in [-0.2, -0.15) is 0 Å². The molecule has 6 heteroatoms.